The predicted molar refractivity (Wildman–Crippen MR) is 83.3 cm³/mol. The molecule has 2 aromatic rings. The molecule has 1 N–H and O–H groups in total. The first-order chi connectivity index (χ1) is 10.3. The average Bonchev–Trinajstić information content (AvgIpc) is 3.21. The Hall–Kier alpha value is -1.81. The summed E-state index contributed by atoms with van der Waals surface area (Å²) in [5.74, 6) is 1.97. The molecule has 1 aliphatic rings. The number of ether oxygens (including phenoxy) is 1. The summed E-state index contributed by atoms with van der Waals surface area (Å²) in [5, 5.41) is 3.56. The van der Waals surface area contributed by atoms with Gasteiger partial charge in [0.15, 0.2) is 0 Å². The van der Waals surface area contributed by atoms with Crippen LogP contribution in [0.2, 0.25) is 0 Å². The van der Waals surface area contributed by atoms with Gasteiger partial charge >= 0.3 is 0 Å². The van der Waals surface area contributed by atoms with Crippen molar-refractivity contribution in [1.82, 2.24) is 14.9 Å². The molecule has 112 valence electrons. The van der Waals surface area contributed by atoms with Gasteiger partial charge in [0, 0.05) is 37.1 Å². The molecular formula is C17H23N3O. The SMILES string of the molecule is CCn1ccnc1COc1c(C)cccc1CNC1CC1. The minimum atomic E-state index is 0.516. The second-order valence-corrected chi connectivity index (χ2v) is 5.64. The van der Waals surface area contributed by atoms with Crippen molar-refractivity contribution in [3.63, 3.8) is 0 Å². The van der Waals surface area contributed by atoms with Gasteiger partial charge in [0.05, 0.1) is 0 Å². The number of para-hydroxylation sites is 1. The summed E-state index contributed by atoms with van der Waals surface area (Å²) in [6.45, 7) is 6.53. The molecule has 0 atom stereocenters. The third-order valence-electron chi connectivity index (χ3n) is 3.94. The van der Waals surface area contributed by atoms with E-state index in [-0.39, 0.29) is 0 Å². The normalized spacial score (nSPS) is 14.4. The zero-order valence-corrected chi connectivity index (χ0v) is 12.8. The summed E-state index contributed by atoms with van der Waals surface area (Å²) >= 11 is 0. The molecule has 4 heteroatoms. The maximum atomic E-state index is 6.08. The van der Waals surface area contributed by atoms with Crippen LogP contribution in [0.1, 0.15) is 36.7 Å². The fraction of sp³-hybridized carbons (Fsp3) is 0.471. The first-order valence-electron chi connectivity index (χ1n) is 7.72. The quantitative estimate of drug-likeness (QED) is 0.850. The van der Waals surface area contributed by atoms with Crippen LogP contribution in [-0.2, 0) is 19.7 Å². The van der Waals surface area contributed by atoms with Crippen molar-refractivity contribution in [2.75, 3.05) is 0 Å². The van der Waals surface area contributed by atoms with Crippen LogP contribution in [0.3, 0.4) is 0 Å². The summed E-state index contributed by atoms with van der Waals surface area (Å²) in [6.07, 6.45) is 6.42. The Labute approximate surface area is 126 Å². The lowest BCUT2D eigenvalue weighted by Crippen LogP contribution is -2.16. The molecule has 0 bridgehead atoms. The molecule has 1 aromatic carbocycles. The van der Waals surface area contributed by atoms with Crippen molar-refractivity contribution in [2.24, 2.45) is 0 Å². The maximum absolute atomic E-state index is 6.08. The lowest BCUT2D eigenvalue weighted by Gasteiger charge is -2.15. The fourth-order valence-electron chi connectivity index (χ4n) is 2.51. The van der Waals surface area contributed by atoms with E-state index in [1.54, 1.807) is 0 Å². The monoisotopic (exact) mass is 285 g/mol. The molecule has 0 aliphatic heterocycles. The van der Waals surface area contributed by atoms with Crippen LogP contribution in [0.5, 0.6) is 5.75 Å². The smallest absolute Gasteiger partial charge is 0.146 e. The van der Waals surface area contributed by atoms with Gasteiger partial charge in [-0.3, -0.25) is 0 Å². The molecular weight excluding hydrogens is 262 g/mol. The fourth-order valence-corrected chi connectivity index (χ4v) is 2.51. The van der Waals surface area contributed by atoms with E-state index < -0.39 is 0 Å². The van der Waals surface area contributed by atoms with Gasteiger partial charge in [-0.05, 0) is 32.3 Å². The van der Waals surface area contributed by atoms with E-state index >= 15 is 0 Å². The van der Waals surface area contributed by atoms with E-state index in [9.17, 15) is 0 Å². The van der Waals surface area contributed by atoms with Crippen LogP contribution in [-0.4, -0.2) is 15.6 Å². The number of aryl methyl sites for hydroxylation is 2. The van der Waals surface area contributed by atoms with Gasteiger partial charge in [0.2, 0.25) is 0 Å². The van der Waals surface area contributed by atoms with Crippen LogP contribution in [0.4, 0.5) is 0 Å². The summed E-state index contributed by atoms with van der Waals surface area (Å²) in [6, 6.07) is 7.04. The molecule has 1 saturated carbocycles. The van der Waals surface area contributed by atoms with Gasteiger partial charge in [-0.1, -0.05) is 18.2 Å². The molecule has 0 spiro atoms. The highest BCUT2D eigenvalue weighted by Gasteiger charge is 2.21. The highest BCUT2D eigenvalue weighted by Crippen LogP contribution is 2.26. The molecule has 21 heavy (non-hydrogen) atoms. The zero-order valence-electron chi connectivity index (χ0n) is 12.8. The summed E-state index contributed by atoms with van der Waals surface area (Å²) in [5.41, 5.74) is 2.41. The number of imidazole rings is 1. The Balaban J connectivity index is 1.70. The number of hydrogen-bond acceptors (Lipinski definition) is 3. The average molecular weight is 285 g/mol. The van der Waals surface area contributed by atoms with E-state index in [2.05, 4.69) is 46.9 Å². The van der Waals surface area contributed by atoms with E-state index in [1.165, 1.54) is 24.0 Å². The zero-order chi connectivity index (χ0) is 14.7. The Kier molecular flexibility index (Phi) is 4.25. The number of hydrogen-bond donors (Lipinski definition) is 1. The highest BCUT2D eigenvalue weighted by atomic mass is 16.5. The number of benzene rings is 1. The Morgan fingerprint density at radius 1 is 1.38 bits per heavy atom. The number of nitrogens with one attached hydrogen (secondary N) is 1. The maximum Gasteiger partial charge on any atom is 0.146 e. The first kappa shape index (κ1) is 14.1. The summed E-state index contributed by atoms with van der Waals surface area (Å²) < 4.78 is 8.20. The second kappa shape index (κ2) is 6.31. The highest BCUT2D eigenvalue weighted by molar-refractivity contribution is 5.40. The van der Waals surface area contributed by atoms with Gasteiger partial charge in [0.25, 0.3) is 0 Å². The summed E-state index contributed by atoms with van der Waals surface area (Å²) in [4.78, 5) is 4.37. The van der Waals surface area contributed by atoms with E-state index in [0.717, 1.165) is 24.7 Å². The van der Waals surface area contributed by atoms with Gasteiger partial charge in [-0.15, -0.1) is 0 Å². The lowest BCUT2D eigenvalue weighted by molar-refractivity contribution is 0.284. The number of nitrogens with zero attached hydrogens (tertiary/aromatic N) is 2. The molecule has 0 amide bonds. The third kappa shape index (κ3) is 3.45. The van der Waals surface area contributed by atoms with Crippen molar-refractivity contribution in [3.8, 4) is 5.75 Å². The second-order valence-electron chi connectivity index (χ2n) is 5.64. The molecule has 0 saturated heterocycles. The van der Waals surface area contributed by atoms with Crippen LogP contribution >= 0.6 is 0 Å². The molecule has 3 rings (SSSR count). The van der Waals surface area contributed by atoms with E-state index in [1.807, 2.05) is 12.4 Å². The summed E-state index contributed by atoms with van der Waals surface area (Å²) in [7, 11) is 0. The van der Waals surface area contributed by atoms with Crippen molar-refractivity contribution in [2.45, 2.75) is 52.4 Å². The minimum Gasteiger partial charge on any atom is -0.485 e. The van der Waals surface area contributed by atoms with Crippen molar-refractivity contribution >= 4 is 0 Å². The number of rotatable bonds is 7. The molecule has 0 radical (unpaired) electrons. The van der Waals surface area contributed by atoms with Crippen LogP contribution in [0, 0.1) is 6.92 Å². The van der Waals surface area contributed by atoms with Crippen molar-refractivity contribution < 1.29 is 4.74 Å². The van der Waals surface area contributed by atoms with Gasteiger partial charge in [-0.2, -0.15) is 0 Å². The molecule has 4 nitrogen and oxygen atoms in total. The molecule has 1 heterocycles. The Morgan fingerprint density at radius 2 is 2.24 bits per heavy atom. The van der Waals surface area contributed by atoms with Gasteiger partial charge in [0.1, 0.15) is 18.2 Å². The topological polar surface area (TPSA) is 39.1 Å². The molecule has 0 unspecified atom stereocenters. The van der Waals surface area contributed by atoms with Gasteiger partial charge in [-0.25, -0.2) is 4.98 Å². The van der Waals surface area contributed by atoms with Crippen molar-refractivity contribution in [3.05, 3.63) is 47.5 Å². The number of aromatic nitrogens is 2. The molecule has 1 aliphatic carbocycles. The van der Waals surface area contributed by atoms with Crippen molar-refractivity contribution in [1.29, 1.82) is 0 Å². The van der Waals surface area contributed by atoms with Crippen LogP contribution in [0.15, 0.2) is 30.6 Å². The van der Waals surface area contributed by atoms with Crippen LogP contribution < -0.4 is 10.1 Å². The molecule has 1 aromatic heterocycles. The largest absolute Gasteiger partial charge is 0.485 e. The predicted octanol–water partition coefficient (Wildman–Crippen LogP) is 3.04. The van der Waals surface area contributed by atoms with E-state index in [4.69, 9.17) is 4.74 Å². The minimum absolute atomic E-state index is 0.516. The lowest BCUT2D eigenvalue weighted by atomic mass is 10.1. The first-order valence-corrected chi connectivity index (χ1v) is 7.72. The van der Waals surface area contributed by atoms with E-state index in [0.29, 0.717) is 12.6 Å². The Bertz CT molecular complexity index is 602. The van der Waals surface area contributed by atoms with Crippen LogP contribution in [0.25, 0.3) is 0 Å². The molecule has 1 fully saturated rings. The van der Waals surface area contributed by atoms with Gasteiger partial charge < -0.3 is 14.6 Å². The third-order valence-corrected chi connectivity index (χ3v) is 3.94. The Morgan fingerprint density at radius 3 is 3.00 bits per heavy atom. The standard InChI is InChI=1S/C17H23N3O/c1-3-20-10-9-18-16(20)12-21-17-13(2)5-4-6-14(17)11-19-15-7-8-15/h4-6,9-10,15,19H,3,7-8,11-12H2,1-2H3.